The molecule has 5 heteroatoms. The number of nitrogens with zero attached hydrogens (tertiary/aromatic N) is 3. The Bertz CT molecular complexity index is 1170. The lowest BCUT2D eigenvalue weighted by atomic mass is 10.0. The van der Waals surface area contributed by atoms with Crippen LogP contribution in [0.4, 0.5) is 0 Å². The van der Waals surface area contributed by atoms with Gasteiger partial charge in [0.25, 0.3) is 5.91 Å². The van der Waals surface area contributed by atoms with Gasteiger partial charge in [-0.2, -0.15) is 5.10 Å². The number of aryl methyl sites for hydroxylation is 3. The molecule has 1 N–H and O–H groups in total. The molecule has 1 amide bonds. The van der Waals surface area contributed by atoms with Crippen molar-refractivity contribution >= 4 is 16.9 Å². The molecule has 0 saturated carbocycles. The van der Waals surface area contributed by atoms with Crippen LogP contribution in [-0.2, 0) is 6.42 Å². The zero-order chi connectivity index (χ0) is 21.1. The number of amides is 1. The van der Waals surface area contributed by atoms with Gasteiger partial charge in [-0.25, -0.2) is 9.67 Å². The molecule has 0 saturated heterocycles. The molecule has 0 radical (unpaired) electrons. The number of carbonyl (C=O) groups is 1. The van der Waals surface area contributed by atoms with Crippen molar-refractivity contribution in [3.05, 3.63) is 89.2 Å². The van der Waals surface area contributed by atoms with Crippen LogP contribution in [0, 0.1) is 13.8 Å². The first-order valence-electron chi connectivity index (χ1n) is 10.3. The van der Waals surface area contributed by atoms with Crippen molar-refractivity contribution in [2.24, 2.45) is 0 Å². The normalized spacial score (nSPS) is 12.1. The summed E-state index contributed by atoms with van der Waals surface area (Å²) in [4.78, 5) is 17.8. The summed E-state index contributed by atoms with van der Waals surface area (Å²) in [7, 11) is 0. The molecule has 4 rings (SSSR count). The Balaban J connectivity index is 1.60. The van der Waals surface area contributed by atoms with Gasteiger partial charge in [0, 0.05) is 11.7 Å². The molecule has 152 valence electrons. The van der Waals surface area contributed by atoms with Gasteiger partial charge in [0.15, 0.2) is 5.65 Å². The summed E-state index contributed by atoms with van der Waals surface area (Å²) < 4.78 is 1.81. The number of hydrogen-bond donors (Lipinski definition) is 1. The Morgan fingerprint density at radius 2 is 1.70 bits per heavy atom. The van der Waals surface area contributed by atoms with E-state index in [1.807, 2.05) is 80.1 Å². The van der Waals surface area contributed by atoms with E-state index in [2.05, 4.69) is 22.5 Å². The third-order valence-electron chi connectivity index (χ3n) is 5.27. The quantitative estimate of drug-likeness (QED) is 0.508. The lowest BCUT2D eigenvalue weighted by Crippen LogP contribution is -2.33. The minimum Gasteiger partial charge on any atom is -0.350 e. The second-order valence-electron chi connectivity index (χ2n) is 7.74. The van der Waals surface area contributed by atoms with Crippen LogP contribution in [0.15, 0.2) is 66.7 Å². The Hall–Kier alpha value is -3.47. The van der Waals surface area contributed by atoms with Crippen molar-refractivity contribution < 1.29 is 4.79 Å². The monoisotopic (exact) mass is 398 g/mol. The zero-order valence-electron chi connectivity index (χ0n) is 17.6. The molecule has 0 aliphatic rings. The van der Waals surface area contributed by atoms with Gasteiger partial charge in [-0.3, -0.25) is 4.79 Å². The van der Waals surface area contributed by atoms with E-state index in [1.165, 1.54) is 5.56 Å². The van der Waals surface area contributed by atoms with E-state index in [0.29, 0.717) is 11.2 Å². The third-order valence-corrected chi connectivity index (χ3v) is 5.27. The smallest absolute Gasteiger partial charge is 0.252 e. The fourth-order valence-electron chi connectivity index (χ4n) is 3.74. The van der Waals surface area contributed by atoms with E-state index >= 15 is 0 Å². The first-order valence-corrected chi connectivity index (χ1v) is 10.3. The van der Waals surface area contributed by atoms with Crippen molar-refractivity contribution in [3.63, 3.8) is 0 Å². The molecule has 1 atom stereocenters. The van der Waals surface area contributed by atoms with Gasteiger partial charge in [0.1, 0.15) is 0 Å². The number of fused-ring (bicyclic) bond motifs is 1. The molecule has 0 fully saturated rings. The van der Waals surface area contributed by atoms with E-state index < -0.39 is 0 Å². The highest BCUT2D eigenvalue weighted by Crippen LogP contribution is 2.25. The summed E-state index contributed by atoms with van der Waals surface area (Å²) in [6.45, 7) is 5.88. The summed E-state index contributed by atoms with van der Waals surface area (Å²) in [5.74, 6) is -0.0817. The lowest BCUT2D eigenvalue weighted by Gasteiger charge is -2.15. The first-order chi connectivity index (χ1) is 14.5. The maximum absolute atomic E-state index is 13.2. The molecule has 2 heterocycles. The number of rotatable bonds is 6. The minimum absolute atomic E-state index is 0.0608. The second-order valence-corrected chi connectivity index (χ2v) is 7.74. The van der Waals surface area contributed by atoms with Crippen LogP contribution >= 0.6 is 0 Å². The average molecular weight is 399 g/mol. The summed E-state index contributed by atoms with van der Waals surface area (Å²) in [5.41, 5.74) is 5.13. The highest BCUT2D eigenvalue weighted by Gasteiger charge is 2.20. The van der Waals surface area contributed by atoms with Crippen LogP contribution in [0.5, 0.6) is 0 Å². The van der Waals surface area contributed by atoms with Gasteiger partial charge in [-0.15, -0.1) is 0 Å². The van der Waals surface area contributed by atoms with Crippen molar-refractivity contribution in [2.75, 3.05) is 0 Å². The van der Waals surface area contributed by atoms with Gasteiger partial charge in [-0.1, -0.05) is 48.5 Å². The second kappa shape index (κ2) is 8.49. The zero-order valence-corrected chi connectivity index (χ0v) is 17.6. The fourth-order valence-corrected chi connectivity index (χ4v) is 3.74. The predicted octanol–water partition coefficient (Wildman–Crippen LogP) is 4.79. The Labute approximate surface area is 176 Å². The van der Waals surface area contributed by atoms with E-state index in [9.17, 15) is 4.79 Å². The van der Waals surface area contributed by atoms with Crippen LogP contribution in [0.1, 0.15) is 40.7 Å². The van der Waals surface area contributed by atoms with E-state index in [1.54, 1.807) is 0 Å². The minimum atomic E-state index is -0.0817. The van der Waals surface area contributed by atoms with Gasteiger partial charge >= 0.3 is 0 Å². The van der Waals surface area contributed by atoms with Gasteiger partial charge in [0.05, 0.1) is 22.3 Å². The summed E-state index contributed by atoms with van der Waals surface area (Å²) in [6, 6.07) is 22.1. The summed E-state index contributed by atoms with van der Waals surface area (Å²) in [6.07, 6.45) is 1.81. The topological polar surface area (TPSA) is 59.8 Å². The average Bonchev–Trinajstić information content (AvgIpc) is 3.09. The molecule has 30 heavy (non-hydrogen) atoms. The van der Waals surface area contributed by atoms with Crippen LogP contribution < -0.4 is 5.32 Å². The molecule has 0 aliphatic carbocycles. The van der Waals surface area contributed by atoms with Crippen LogP contribution in [-0.4, -0.2) is 26.7 Å². The number of nitrogens with one attached hydrogen (secondary N) is 1. The number of benzene rings is 2. The summed E-state index contributed by atoms with van der Waals surface area (Å²) in [5, 5.41) is 8.63. The van der Waals surface area contributed by atoms with Crippen molar-refractivity contribution in [1.29, 1.82) is 0 Å². The van der Waals surface area contributed by atoms with Gasteiger partial charge < -0.3 is 5.32 Å². The number of hydrogen-bond acceptors (Lipinski definition) is 3. The highest BCUT2D eigenvalue weighted by molar-refractivity contribution is 6.06. The Morgan fingerprint density at radius 1 is 1.03 bits per heavy atom. The van der Waals surface area contributed by atoms with Crippen LogP contribution in [0.3, 0.4) is 0 Å². The molecule has 0 unspecified atom stereocenters. The van der Waals surface area contributed by atoms with Crippen molar-refractivity contribution in [2.45, 2.75) is 39.7 Å². The fraction of sp³-hybridized carbons (Fsp3) is 0.240. The van der Waals surface area contributed by atoms with Crippen LogP contribution in [0.2, 0.25) is 0 Å². The molecular weight excluding hydrogens is 372 g/mol. The van der Waals surface area contributed by atoms with E-state index in [-0.39, 0.29) is 11.9 Å². The largest absolute Gasteiger partial charge is 0.350 e. The van der Waals surface area contributed by atoms with Crippen LogP contribution in [0.25, 0.3) is 16.7 Å². The third kappa shape index (κ3) is 4.10. The number of aromatic nitrogens is 3. The molecular formula is C25H26N4O. The van der Waals surface area contributed by atoms with Gasteiger partial charge in [0.2, 0.25) is 0 Å². The maximum atomic E-state index is 13.2. The van der Waals surface area contributed by atoms with Crippen molar-refractivity contribution in [3.8, 4) is 5.69 Å². The van der Waals surface area contributed by atoms with Gasteiger partial charge in [-0.05, 0) is 57.4 Å². The Kier molecular flexibility index (Phi) is 5.61. The predicted molar refractivity (Wildman–Crippen MR) is 120 cm³/mol. The van der Waals surface area contributed by atoms with E-state index in [0.717, 1.165) is 35.3 Å². The SMILES string of the molecule is Cc1cc(C(=O)N[C@H](C)CCc2ccccc2)c2c(C)nn(-c3ccccc3)c2n1. The maximum Gasteiger partial charge on any atom is 0.252 e. The molecule has 5 nitrogen and oxygen atoms in total. The Morgan fingerprint density at radius 3 is 2.40 bits per heavy atom. The molecule has 0 aliphatic heterocycles. The first kappa shape index (κ1) is 19.8. The number of pyridine rings is 1. The molecule has 2 aromatic heterocycles. The molecule has 4 aromatic rings. The standard InChI is InChI=1S/C25H26N4O/c1-17(14-15-20-10-6-4-7-11-20)27-25(30)22-16-18(2)26-24-23(22)19(3)28-29(24)21-12-8-5-9-13-21/h4-13,16-17H,14-15H2,1-3H3,(H,27,30)/t17-/m1/s1. The number of carbonyl (C=O) groups excluding carboxylic acids is 1. The van der Waals surface area contributed by atoms with E-state index in [4.69, 9.17) is 4.98 Å². The highest BCUT2D eigenvalue weighted by atomic mass is 16.1. The molecule has 0 spiro atoms. The summed E-state index contributed by atoms with van der Waals surface area (Å²) >= 11 is 0. The molecule has 0 bridgehead atoms. The number of para-hydroxylation sites is 1. The molecule has 2 aromatic carbocycles. The van der Waals surface area contributed by atoms with Crippen molar-refractivity contribution in [1.82, 2.24) is 20.1 Å². The lowest BCUT2D eigenvalue weighted by molar-refractivity contribution is 0.0940.